The van der Waals surface area contributed by atoms with Crippen LogP contribution in [0.4, 0.5) is 11.5 Å². The van der Waals surface area contributed by atoms with E-state index in [1.165, 1.54) is 30.3 Å². The van der Waals surface area contributed by atoms with Crippen LogP contribution >= 0.6 is 0 Å². The van der Waals surface area contributed by atoms with Crippen LogP contribution in [-0.2, 0) is 0 Å². The fourth-order valence-electron chi connectivity index (χ4n) is 2.95. The zero-order valence-electron chi connectivity index (χ0n) is 16.9. The molecule has 2 heterocycles. The molecule has 33 heavy (non-hydrogen) atoms. The maximum atomic E-state index is 12.9. The second kappa shape index (κ2) is 8.54. The van der Waals surface area contributed by atoms with Gasteiger partial charge < -0.3 is 10.8 Å². The van der Waals surface area contributed by atoms with Crippen LogP contribution in [-0.4, -0.2) is 47.0 Å². The van der Waals surface area contributed by atoms with Gasteiger partial charge in [-0.1, -0.05) is 17.3 Å². The summed E-state index contributed by atoms with van der Waals surface area (Å²) in [6, 6.07) is 11.9. The Bertz CT molecular complexity index is 1370. The average molecular weight is 449 g/mol. The smallest absolute Gasteiger partial charge is 0.294 e. The number of nitrogens with zero attached hydrogens (tertiary/aromatic N) is 7. The number of carbonyl (C=O) groups excluding carboxylic acids is 1. The number of para-hydroxylation sites is 1. The van der Waals surface area contributed by atoms with E-state index in [4.69, 9.17) is 5.73 Å². The molecule has 4 aromatic rings. The Balaban J connectivity index is 1.74. The molecule has 4 rings (SSSR count). The first-order valence-electron chi connectivity index (χ1n) is 9.28. The predicted octanol–water partition coefficient (Wildman–Crippen LogP) is 1.67. The minimum absolute atomic E-state index is 0.000445. The number of rotatable bonds is 6. The molecule has 0 atom stereocenters. The molecule has 0 fully saturated rings. The van der Waals surface area contributed by atoms with Crippen LogP contribution < -0.4 is 11.2 Å². The third-order valence-electron chi connectivity index (χ3n) is 4.55. The van der Waals surface area contributed by atoms with Crippen molar-refractivity contribution in [3.8, 4) is 22.8 Å². The molecule has 2 aromatic heterocycles. The number of benzene rings is 2. The largest absolute Gasteiger partial charge is 0.507 e. The molecule has 166 valence electrons. The van der Waals surface area contributed by atoms with Gasteiger partial charge in [-0.25, -0.2) is 10.1 Å². The van der Waals surface area contributed by atoms with E-state index in [2.05, 4.69) is 35.8 Å². The van der Waals surface area contributed by atoms with Crippen molar-refractivity contribution in [2.75, 3.05) is 5.73 Å². The molecule has 0 aliphatic carbocycles. The standard InChI is InChI=1S/C19H15N9O5/c1-10(13-4-2-3-5-14(13)29)21-23-19(30)15-16(11-6-8-12(9-7-11)28(31)32)27(26-22-15)18-17(20)24-33-25-18/h2-9,29H,1H3,(H2,20,24)(H,23,30). The summed E-state index contributed by atoms with van der Waals surface area (Å²) < 4.78 is 5.73. The average Bonchev–Trinajstić information content (AvgIpc) is 3.43. The first kappa shape index (κ1) is 21.1. The number of aromatic nitrogens is 5. The van der Waals surface area contributed by atoms with Gasteiger partial charge in [0.1, 0.15) is 11.4 Å². The lowest BCUT2D eigenvalue weighted by Crippen LogP contribution is -2.21. The monoisotopic (exact) mass is 449 g/mol. The summed E-state index contributed by atoms with van der Waals surface area (Å²) in [6.07, 6.45) is 0. The molecule has 14 nitrogen and oxygen atoms in total. The van der Waals surface area contributed by atoms with E-state index in [0.29, 0.717) is 16.8 Å². The lowest BCUT2D eigenvalue weighted by atomic mass is 10.1. The highest BCUT2D eigenvalue weighted by Gasteiger charge is 2.25. The molecule has 0 bridgehead atoms. The van der Waals surface area contributed by atoms with E-state index in [0.717, 1.165) is 4.68 Å². The first-order valence-corrected chi connectivity index (χ1v) is 9.28. The Hall–Kier alpha value is -5.14. The maximum absolute atomic E-state index is 12.9. The normalized spacial score (nSPS) is 11.4. The molecule has 0 unspecified atom stereocenters. The summed E-state index contributed by atoms with van der Waals surface area (Å²) in [5.74, 6) is -0.869. The van der Waals surface area contributed by atoms with Crippen LogP contribution in [0.3, 0.4) is 0 Å². The van der Waals surface area contributed by atoms with Crippen molar-refractivity contribution in [3.63, 3.8) is 0 Å². The maximum Gasteiger partial charge on any atom is 0.294 e. The Morgan fingerprint density at radius 3 is 2.58 bits per heavy atom. The minimum atomic E-state index is -0.737. The molecule has 0 aliphatic heterocycles. The highest BCUT2D eigenvalue weighted by atomic mass is 16.6. The van der Waals surface area contributed by atoms with Crippen molar-refractivity contribution in [1.29, 1.82) is 0 Å². The number of nitro benzene ring substituents is 1. The number of amides is 1. The van der Waals surface area contributed by atoms with E-state index in [1.807, 2.05) is 0 Å². The Morgan fingerprint density at radius 2 is 1.94 bits per heavy atom. The summed E-state index contributed by atoms with van der Waals surface area (Å²) in [5.41, 5.74) is 9.06. The molecular weight excluding hydrogens is 434 g/mol. The number of phenolic OH excluding ortho intramolecular Hbond substituents is 1. The van der Waals surface area contributed by atoms with E-state index in [9.17, 15) is 20.0 Å². The van der Waals surface area contributed by atoms with E-state index < -0.39 is 10.8 Å². The van der Waals surface area contributed by atoms with Crippen LogP contribution in [0.25, 0.3) is 17.1 Å². The quantitative estimate of drug-likeness (QED) is 0.221. The Labute approximate surface area is 184 Å². The fourth-order valence-corrected chi connectivity index (χ4v) is 2.95. The zero-order chi connectivity index (χ0) is 23.5. The summed E-state index contributed by atoms with van der Waals surface area (Å²) in [6.45, 7) is 1.60. The molecule has 0 aliphatic rings. The van der Waals surface area contributed by atoms with Gasteiger partial charge in [-0.3, -0.25) is 14.9 Å². The van der Waals surface area contributed by atoms with Crippen molar-refractivity contribution in [3.05, 3.63) is 69.9 Å². The van der Waals surface area contributed by atoms with Gasteiger partial charge >= 0.3 is 0 Å². The topological polar surface area (TPSA) is 200 Å². The second-order valence-electron chi connectivity index (χ2n) is 6.63. The second-order valence-corrected chi connectivity index (χ2v) is 6.63. The van der Waals surface area contributed by atoms with E-state index in [-0.39, 0.29) is 34.5 Å². The number of non-ortho nitro benzene ring substituents is 1. The first-order chi connectivity index (χ1) is 15.9. The van der Waals surface area contributed by atoms with Crippen LogP contribution in [0.15, 0.2) is 58.3 Å². The van der Waals surface area contributed by atoms with Gasteiger partial charge in [-0.2, -0.15) is 9.78 Å². The predicted molar refractivity (Wildman–Crippen MR) is 114 cm³/mol. The molecule has 0 saturated heterocycles. The summed E-state index contributed by atoms with van der Waals surface area (Å²) in [4.78, 5) is 23.3. The number of nitrogens with one attached hydrogen (secondary N) is 1. The number of nitro groups is 1. The van der Waals surface area contributed by atoms with Crippen LogP contribution in [0.2, 0.25) is 0 Å². The number of phenols is 1. The summed E-state index contributed by atoms with van der Waals surface area (Å²) >= 11 is 0. The number of hydrazone groups is 1. The van der Waals surface area contributed by atoms with E-state index in [1.54, 1.807) is 25.1 Å². The van der Waals surface area contributed by atoms with Crippen molar-refractivity contribution in [2.45, 2.75) is 6.92 Å². The lowest BCUT2D eigenvalue weighted by molar-refractivity contribution is -0.384. The molecule has 0 saturated carbocycles. The highest BCUT2D eigenvalue weighted by molar-refractivity contribution is 6.03. The fraction of sp³-hybridized carbons (Fsp3) is 0.0526. The van der Waals surface area contributed by atoms with Gasteiger partial charge in [-0.05, 0) is 41.5 Å². The third kappa shape index (κ3) is 4.07. The number of aromatic hydroxyl groups is 1. The van der Waals surface area contributed by atoms with E-state index >= 15 is 0 Å². The van der Waals surface area contributed by atoms with Crippen LogP contribution in [0.5, 0.6) is 5.75 Å². The van der Waals surface area contributed by atoms with Gasteiger partial charge in [0.15, 0.2) is 5.69 Å². The molecule has 2 aromatic carbocycles. The van der Waals surface area contributed by atoms with Crippen molar-refractivity contribution < 1.29 is 19.5 Å². The summed E-state index contributed by atoms with van der Waals surface area (Å²) in [7, 11) is 0. The Morgan fingerprint density at radius 1 is 1.21 bits per heavy atom. The van der Waals surface area contributed by atoms with Crippen LogP contribution in [0.1, 0.15) is 23.0 Å². The number of carbonyl (C=O) groups is 1. The third-order valence-corrected chi connectivity index (χ3v) is 4.55. The molecule has 14 heteroatoms. The van der Waals surface area contributed by atoms with Crippen molar-refractivity contribution in [1.82, 2.24) is 30.7 Å². The number of hydrogen-bond acceptors (Lipinski definition) is 11. The van der Waals surface area contributed by atoms with Gasteiger partial charge in [-0.15, -0.1) is 5.10 Å². The molecule has 0 radical (unpaired) electrons. The van der Waals surface area contributed by atoms with Gasteiger partial charge in [0, 0.05) is 23.3 Å². The van der Waals surface area contributed by atoms with Crippen molar-refractivity contribution in [2.24, 2.45) is 5.10 Å². The number of nitrogen functional groups attached to an aromatic ring is 1. The van der Waals surface area contributed by atoms with Gasteiger partial charge in [0.2, 0.25) is 11.6 Å². The van der Waals surface area contributed by atoms with Gasteiger partial charge in [0.25, 0.3) is 11.6 Å². The van der Waals surface area contributed by atoms with Crippen molar-refractivity contribution >= 4 is 23.1 Å². The SMILES string of the molecule is CC(=NNC(=O)c1nnn(-c2nonc2N)c1-c1ccc([N+](=O)[O-])cc1)c1ccccc1O. The number of hydrogen-bond donors (Lipinski definition) is 3. The molecule has 1 amide bonds. The van der Waals surface area contributed by atoms with Crippen LogP contribution in [0, 0.1) is 10.1 Å². The lowest BCUT2D eigenvalue weighted by Gasteiger charge is -2.07. The number of nitrogens with two attached hydrogens (primary N) is 1. The molecule has 4 N–H and O–H groups in total. The molecular formula is C19H15N9O5. The zero-order valence-corrected chi connectivity index (χ0v) is 16.9. The minimum Gasteiger partial charge on any atom is -0.507 e. The Kier molecular flexibility index (Phi) is 5.46. The highest BCUT2D eigenvalue weighted by Crippen LogP contribution is 2.28. The number of anilines is 1. The van der Waals surface area contributed by atoms with Gasteiger partial charge in [0.05, 0.1) is 10.6 Å². The molecule has 0 spiro atoms. The summed E-state index contributed by atoms with van der Waals surface area (Å²) in [5, 5.41) is 39.9.